The molecule has 1 heterocycles. The summed E-state index contributed by atoms with van der Waals surface area (Å²) in [4.78, 5) is 0. The number of aryl methyl sites for hydroxylation is 2. The second-order valence-electron chi connectivity index (χ2n) is 4.11. The topological polar surface area (TPSA) is 48.4 Å². The molecule has 0 aliphatic heterocycles. The highest BCUT2D eigenvalue weighted by molar-refractivity contribution is 5.28. The SMILES string of the molecule is Cc1cccc(OC(CN)c2ccc(C)o2)c1. The van der Waals surface area contributed by atoms with Crippen LogP contribution < -0.4 is 10.5 Å². The van der Waals surface area contributed by atoms with Crippen LogP contribution >= 0.6 is 0 Å². The van der Waals surface area contributed by atoms with Crippen molar-refractivity contribution in [2.24, 2.45) is 5.73 Å². The third-order valence-electron chi connectivity index (χ3n) is 2.56. The Balaban J connectivity index is 2.15. The largest absolute Gasteiger partial charge is 0.481 e. The Bertz CT molecular complexity index is 490. The summed E-state index contributed by atoms with van der Waals surface area (Å²) in [6, 6.07) is 11.7. The summed E-state index contributed by atoms with van der Waals surface area (Å²) in [5, 5.41) is 0. The van der Waals surface area contributed by atoms with E-state index in [1.807, 2.05) is 50.2 Å². The second-order valence-corrected chi connectivity index (χ2v) is 4.11. The molecule has 1 atom stereocenters. The molecule has 0 fully saturated rings. The number of nitrogens with two attached hydrogens (primary N) is 1. The molecule has 17 heavy (non-hydrogen) atoms. The van der Waals surface area contributed by atoms with Crippen LogP contribution in [0, 0.1) is 13.8 Å². The Morgan fingerprint density at radius 3 is 2.65 bits per heavy atom. The molecular formula is C14H17NO2. The number of furan rings is 1. The average Bonchev–Trinajstić information content (AvgIpc) is 2.73. The molecule has 0 saturated heterocycles. The number of hydrogen-bond acceptors (Lipinski definition) is 3. The normalized spacial score (nSPS) is 12.4. The molecule has 2 N–H and O–H groups in total. The summed E-state index contributed by atoms with van der Waals surface area (Å²) < 4.78 is 11.4. The summed E-state index contributed by atoms with van der Waals surface area (Å²) in [5.74, 6) is 2.45. The molecule has 0 saturated carbocycles. The van der Waals surface area contributed by atoms with Crippen LogP contribution in [0.4, 0.5) is 0 Å². The summed E-state index contributed by atoms with van der Waals surface area (Å²) in [6.07, 6.45) is -0.231. The van der Waals surface area contributed by atoms with E-state index < -0.39 is 0 Å². The van der Waals surface area contributed by atoms with Crippen LogP contribution in [0.5, 0.6) is 5.75 Å². The van der Waals surface area contributed by atoms with Gasteiger partial charge in [-0.25, -0.2) is 0 Å². The van der Waals surface area contributed by atoms with Gasteiger partial charge in [0.15, 0.2) is 6.10 Å². The molecule has 1 aromatic heterocycles. The summed E-state index contributed by atoms with van der Waals surface area (Å²) in [5.41, 5.74) is 6.88. The van der Waals surface area contributed by atoms with Crippen molar-refractivity contribution in [3.8, 4) is 5.75 Å². The fraction of sp³-hybridized carbons (Fsp3) is 0.286. The first-order valence-corrected chi connectivity index (χ1v) is 5.69. The van der Waals surface area contributed by atoms with Gasteiger partial charge < -0.3 is 14.9 Å². The third-order valence-corrected chi connectivity index (χ3v) is 2.56. The van der Waals surface area contributed by atoms with Crippen molar-refractivity contribution in [3.05, 3.63) is 53.5 Å². The molecule has 90 valence electrons. The van der Waals surface area contributed by atoms with E-state index in [-0.39, 0.29) is 6.10 Å². The van der Waals surface area contributed by atoms with Gasteiger partial charge in [0, 0.05) is 6.54 Å². The Kier molecular flexibility index (Phi) is 3.49. The van der Waals surface area contributed by atoms with Crippen LogP contribution in [0.3, 0.4) is 0 Å². The smallest absolute Gasteiger partial charge is 0.168 e. The molecule has 3 heteroatoms. The first kappa shape index (κ1) is 11.7. The zero-order valence-corrected chi connectivity index (χ0v) is 10.1. The second kappa shape index (κ2) is 5.06. The van der Waals surface area contributed by atoms with Gasteiger partial charge in [0.25, 0.3) is 0 Å². The first-order chi connectivity index (χ1) is 8.19. The maximum absolute atomic E-state index is 5.83. The van der Waals surface area contributed by atoms with Crippen molar-refractivity contribution in [2.75, 3.05) is 6.54 Å². The lowest BCUT2D eigenvalue weighted by Gasteiger charge is -2.15. The van der Waals surface area contributed by atoms with Crippen molar-refractivity contribution in [3.63, 3.8) is 0 Å². The monoisotopic (exact) mass is 231 g/mol. The Hall–Kier alpha value is -1.74. The minimum absolute atomic E-state index is 0.231. The quantitative estimate of drug-likeness (QED) is 0.880. The van der Waals surface area contributed by atoms with E-state index in [0.717, 1.165) is 22.8 Å². The van der Waals surface area contributed by atoms with Crippen LogP contribution in [0.15, 0.2) is 40.8 Å². The van der Waals surface area contributed by atoms with E-state index in [9.17, 15) is 0 Å². The predicted molar refractivity (Wildman–Crippen MR) is 67.0 cm³/mol. The lowest BCUT2D eigenvalue weighted by Crippen LogP contribution is -2.17. The van der Waals surface area contributed by atoms with E-state index in [0.29, 0.717) is 6.54 Å². The highest BCUT2D eigenvalue weighted by Crippen LogP contribution is 2.23. The molecule has 2 aromatic rings. The Morgan fingerprint density at radius 1 is 1.24 bits per heavy atom. The van der Waals surface area contributed by atoms with Crippen molar-refractivity contribution >= 4 is 0 Å². The fourth-order valence-electron chi connectivity index (χ4n) is 1.70. The van der Waals surface area contributed by atoms with E-state index in [2.05, 4.69) is 0 Å². The van der Waals surface area contributed by atoms with Gasteiger partial charge in [-0.3, -0.25) is 0 Å². The zero-order valence-electron chi connectivity index (χ0n) is 10.1. The maximum Gasteiger partial charge on any atom is 0.168 e. The molecule has 0 amide bonds. The Morgan fingerprint density at radius 2 is 2.06 bits per heavy atom. The van der Waals surface area contributed by atoms with Crippen LogP contribution in [-0.2, 0) is 0 Å². The zero-order chi connectivity index (χ0) is 12.3. The van der Waals surface area contributed by atoms with Gasteiger partial charge in [-0.1, -0.05) is 12.1 Å². The van der Waals surface area contributed by atoms with Gasteiger partial charge in [0.05, 0.1) is 0 Å². The summed E-state index contributed by atoms with van der Waals surface area (Å²) in [6.45, 7) is 4.33. The molecule has 0 spiro atoms. The van der Waals surface area contributed by atoms with Crippen molar-refractivity contribution in [2.45, 2.75) is 20.0 Å². The van der Waals surface area contributed by atoms with Crippen LogP contribution in [0.2, 0.25) is 0 Å². The highest BCUT2D eigenvalue weighted by atomic mass is 16.5. The van der Waals surface area contributed by atoms with Gasteiger partial charge in [-0.15, -0.1) is 0 Å². The van der Waals surface area contributed by atoms with E-state index in [1.165, 1.54) is 0 Å². The third kappa shape index (κ3) is 2.88. The van der Waals surface area contributed by atoms with Crippen molar-refractivity contribution < 1.29 is 9.15 Å². The molecule has 0 aliphatic rings. The van der Waals surface area contributed by atoms with Crippen LogP contribution in [0.1, 0.15) is 23.2 Å². The van der Waals surface area contributed by atoms with Crippen LogP contribution in [-0.4, -0.2) is 6.54 Å². The molecular weight excluding hydrogens is 214 g/mol. The van der Waals surface area contributed by atoms with Gasteiger partial charge in [-0.2, -0.15) is 0 Å². The van der Waals surface area contributed by atoms with E-state index in [1.54, 1.807) is 0 Å². The summed E-state index contributed by atoms with van der Waals surface area (Å²) in [7, 11) is 0. The highest BCUT2D eigenvalue weighted by Gasteiger charge is 2.15. The lowest BCUT2D eigenvalue weighted by molar-refractivity contribution is 0.182. The molecule has 1 aromatic carbocycles. The lowest BCUT2D eigenvalue weighted by atomic mass is 10.2. The summed E-state index contributed by atoms with van der Waals surface area (Å²) >= 11 is 0. The maximum atomic E-state index is 5.83. The fourth-order valence-corrected chi connectivity index (χ4v) is 1.70. The molecule has 2 rings (SSSR count). The standard InChI is InChI=1S/C14H17NO2/c1-10-4-3-5-12(8-10)17-14(9-15)13-7-6-11(2)16-13/h3-8,14H,9,15H2,1-2H3. The van der Waals surface area contributed by atoms with Gasteiger partial charge in [0.2, 0.25) is 0 Å². The Labute approximate surface area is 101 Å². The minimum Gasteiger partial charge on any atom is -0.481 e. The van der Waals surface area contributed by atoms with Crippen LogP contribution in [0.25, 0.3) is 0 Å². The molecule has 0 aliphatic carbocycles. The van der Waals surface area contributed by atoms with Crippen molar-refractivity contribution in [1.82, 2.24) is 0 Å². The molecule has 1 unspecified atom stereocenters. The van der Waals surface area contributed by atoms with Crippen molar-refractivity contribution in [1.29, 1.82) is 0 Å². The molecule has 3 nitrogen and oxygen atoms in total. The predicted octanol–water partition coefficient (Wildman–Crippen LogP) is 2.98. The minimum atomic E-state index is -0.231. The number of rotatable bonds is 4. The molecule has 0 radical (unpaired) electrons. The number of ether oxygens (including phenoxy) is 1. The van der Waals surface area contributed by atoms with Gasteiger partial charge in [-0.05, 0) is 43.7 Å². The number of hydrogen-bond donors (Lipinski definition) is 1. The average molecular weight is 231 g/mol. The first-order valence-electron chi connectivity index (χ1n) is 5.69. The number of benzene rings is 1. The molecule has 0 bridgehead atoms. The van der Waals surface area contributed by atoms with E-state index in [4.69, 9.17) is 14.9 Å². The van der Waals surface area contributed by atoms with Gasteiger partial charge >= 0.3 is 0 Å². The van der Waals surface area contributed by atoms with Gasteiger partial charge in [0.1, 0.15) is 17.3 Å². The van der Waals surface area contributed by atoms with E-state index >= 15 is 0 Å².